The van der Waals surface area contributed by atoms with E-state index >= 15 is 0 Å². The van der Waals surface area contributed by atoms with Gasteiger partial charge in [-0.05, 0) is 43.9 Å². The Morgan fingerprint density at radius 1 is 1.21 bits per heavy atom. The number of piperidine rings is 1. The van der Waals surface area contributed by atoms with E-state index in [0.717, 1.165) is 31.4 Å². The van der Waals surface area contributed by atoms with Crippen molar-refractivity contribution in [2.75, 3.05) is 29.9 Å². The van der Waals surface area contributed by atoms with E-state index in [0.29, 0.717) is 18.8 Å². The lowest BCUT2D eigenvalue weighted by Crippen LogP contribution is -2.36. The zero-order chi connectivity index (χ0) is 21.0. The summed E-state index contributed by atoms with van der Waals surface area (Å²) >= 11 is 0. The van der Waals surface area contributed by atoms with Gasteiger partial charge in [-0.3, -0.25) is 9.59 Å². The number of carbonyl (C=O) groups is 3. The van der Waals surface area contributed by atoms with Crippen LogP contribution in [0.1, 0.15) is 37.7 Å². The Balaban J connectivity index is 1.69. The highest BCUT2D eigenvalue weighted by atomic mass is 19.4. The normalized spacial score (nSPS) is 19.6. The molecule has 0 radical (unpaired) electrons. The molecular weight excluding hydrogens is 391 g/mol. The van der Waals surface area contributed by atoms with Crippen LogP contribution in [0.25, 0.3) is 0 Å². The molecule has 2 saturated heterocycles. The molecule has 1 aromatic carbocycles. The van der Waals surface area contributed by atoms with Crippen molar-refractivity contribution in [1.29, 1.82) is 0 Å². The van der Waals surface area contributed by atoms with Crippen molar-refractivity contribution in [3.8, 4) is 0 Å². The van der Waals surface area contributed by atoms with Crippen molar-refractivity contribution in [3.05, 3.63) is 23.8 Å². The van der Waals surface area contributed by atoms with Gasteiger partial charge in [0.15, 0.2) is 6.61 Å². The second-order valence-corrected chi connectivity index (χ2v) is 7.09. The standard InChI is InChI=1S/C19H22F3N3O4/c20-19(21,22)12-4-6-15(25-8-2-1-3-9-25)14(10-12)24-17(27)11-29-18(28)13-5-7-16(26)23-13/h4,6,10,13H,1-3,5,7-9,11H2,(H,23,26)(H,24,27)/t13-/m1/s1. The largest absolute Gasteiger partial charge is 0.454 e. The number of amides is 2. The minimum absolute atomic E-state index is 0.0249. The Labute approximate surface area is 165 Å². The number of carbonyl (C=O) groups excluding carboxylic acids is 3. The first-order valence-electron chi connectivity index (χ1n) is 9.46. The van der Waals surface area contributed by atoms with Gasteiger partial charge in [-0.2, -0.15) is 13.2 Å². The highest BCUT2D eigenvalue weighted by Crippen LogP contribution is 2.36. The van der Waals surface area contributed by atoms with E-state index in [1.807, 2.05) is 4.90 Å². The van der Waals surface area contributed by atoms with Crippen molar-refractivity contribution in [1.82, 2.24) is 5.32 Å². The monoisotopic (exact) mass is 413 g/mol. The number of esters is 1. The second-order valence-electron chi connectivity index (χ2n) is 7.09. The zero-order valence-electron chi connectivity index (χ0n) is 15.7. The topological polar surface area (TPSA) is 87.7 Å². The summed E-state index contributed by atoms with van der Waals surface area (Å²) in [7, 11) is 0. The molecule has 10 heteroatoms. The first-order valence-corrected chi connectivity index (χ1v) is 9.46. The summed E-state index contributed by atoms with van der Waals surface area (Å²) in [5, 5.41) is 4.86. The van der Waals surface area contributed by atoms with Crippen LogP contribution in [-0.4, -0.2) is 43.5 Å². The fourth-order valence-corrected chi connectivity index (χ4v) is 3.44. The third kappa shape index (κ3) is 5.39. The molecule has 0 spiro atoms. The Kier molecular flexibility index (Phi) is 6.29. The number of nitrogens with zero attached hydrogens (tertiary/aromatic N) is 1. The Hall–Kier alpha value is -2.78. The number of anilines is 2. The number of alkyl halides is 3. The number of ether oxygens (including phenoxy) is 1. The smallest absolute Gasteiger partial charge is 0.416 e. The molecule has 2 heterocycles. The Bertz CT molecular complexity index is 791. The van der Waals surface area contributed by atoms with E-state index in [4.69, 9.17) is 4.74 Å². The quantitative estimate of drug-likeness (QED) is 0.724. The molecule has 0 aliphatic carbocycles. The molecule has 1 atom stereocenters. The molecule has 2 amide bonds. The van der Waals surface area contributed by atoms with Crippen molar-refractivity contribution in [3.63, 3.8) is 0 Å². The molecule has 0 aromatic heterocycles. The maximum Gasteiger partial charge on any atom is 0.416 e. The molecule has 0 saturated carbocycles. The van der Waals surface area contributed by atoms with E-state index < -0.39 is 36.3 Å². The maximum absolute atomic E-state index is 13.1. The van der Waals surface area contributed by atoms with Crippen LogP contribution in [0.3, 0.4) is 0 Å². The average molecular weight is 413 g/mol. The summed E-state index contributed by atoms with van der Waals surface area (Å²) in [6.07, 6.45) is -1.18. The lowest BCUT2D eigenvalue weighted by atomic mass is 10.1. The number of nitrogens with one attached hydrogen (secondary N) is 2. The Morgan fingerprint density at radius 2 is 1.93 bits per heavy atom. The molecule has 0 unspecified atom stereocenters. The lowest BCUT2D eigenvalue weighted by Gasteiger charge is -2.31. The third-order valence-electron chi connectivity index (χ3n) is 4.92. The van der Waals surface area contributed by atoms with E-state index in [-0.39, 0.29) is 24.4 Å². The molecule has 29 heavy (non-hydrogen) atoms. The van der Waals surface area contributed by atoms with Crippen molar-refractivity contribution >= 4 is 29.2 Å². The molecule has 2 aliphatic rings. The first-order chi connectivity index (χ1) is 13.7. The molecule has 2 fully saturated rings. The van der Waals surface area contributed by atoms with Gasteiger partial charge in [0, 0.05) is 19.5 Å². The first kappa shape index (κ1) is 20.9. The number of rotatable bonds is 5. The molecule has 3 rings (SSSR count). The van der Waals surface area contributed by atoms with Gasteiger partial charge in [-0.1, -0.05) is 0 Å². The van der Waals surface area contributed by atoms with Crippen molar-refractivity contribution < 1.29 is 32.3 Å². The third-order valence-corrected chi connectivity index (χ3v) is 4.92. The van der Waals surface area contributed by atoms with E-state index in [9.17, 15) is 27.6 Å². The predicted molar refractivity (Wildman–Crippen MR) is 98.3 cm³/mol. The van der Waals surface area contributed by atoms with Gasteiger partial charge in [0.05, 0.1) is 16.9 Å². The van der Waals surface area contributed by atoms with Crippen LogP contribution in [0.4, 0.5) is 24.5 Å². The minimum Gasteiger partial charge on any atom is -0.454 e. The molecular formula is C19H22F3N3O4. The molecule has 2 aliphatic heterocycles. The fourth-order valence-electron chi connectivity index (χ4n) is 3.44. The van der Waals surface area contributed by atoms with E-state index in [2.05, 4.69) is 10.6 Å². The minimum atomic E-state index is -4.55. The fraction of sp³-hybridized carbons (Fsp3) is 0.526. The van der Waals surface area contributed by atoms with Crippen LogP contribution in [0.15, 0.2) is 18.2 Å². The molecule has 0 bridgehead atoms. The molecule has 158 valence electrons. The van der Waals surface area contributed by atoms with Gasteiger partial charge in [0.25, 0.3) is 5.91 Å². The second kappa shape index (κ2) is 8.71. The van der Waals surface area contributed by atoms with E-state index in [1.165, 1.54) is 6.07 Å². The van der Waals surface area contributed by atoms with Gasteiger partial charge < -0.3 is 20.3 Å². The van der Waals surface area contributed by atoms with Crippen molar-refractivity contribution in [2.24, 2.45) is 0 Å². The van der Waals surface area contributed by atoms with Gasteiger partial charge in [0.2, 0.25) is 5.91 Å². The Morgan fingerprint density at radius 3 is 2.55 bits per heavy atom. The lowest BCUT2D eigenvalue weighted by molar-refractivity contribution is -0.149. The predicted octanol–water partition coefficient (Wildman–Crippen LogP) is 2.46. The van der Waals surface area contributed by atoms with Crippen LogP contribution >= 0.6 is 0 Å². The SMILES string of the molecule is O=C(COC(=O)[C@H]1CCC(=O)N1)Nc1cc(C(F)(F)F)ccc1N1CCCCC1. The average Bonchev–Trinajstić information content (AvgIpc) is 3.12. The summed E-state index contributed by atoms with van der Waals surface area (Å²) in [6.45, 7) is 0.718. The van der Waals surface area contributed by atoms with Gasteiger partial charge in [0.1, 0.15) is 6.04 Å². The summed E-state index contributed by atoms with van der Waals surface area (Å²) in [5.41, 5.74) is -0.350. The highest BCUT2D eigenvalue weighted by Gasteiger charge is 2.32. The molecule has 7 nitrogen and oxygen atoms in total. The maximum atomic E-state index is 13.1. The summed E-state index contributed by atoms with van der Waals surface area (Å²) in [6, 6.07) is 2.43. The number of benzene rings is 1. The highest BCUT2D eigenvalue weighted by molar-refractivity contribution is 5.97. The number of halogens is 3. The number of hydrogen-bond donors (Lipinski definition) is 2. The number of hydrogen-bond acceptors (Lipinski definition) is 5. The van der Waals surface area contributed by atoms with E-state index in [1.54, 1.807) is 0 Å². The van der Waals surface area contributed by atoms with Crippen LogP contribution in [-0.2, 0) is 25.3 Å². The molecule has 1 aromatic rings. The molecule has 2 N–H and O–H groups in total. The summed E-state index contributed by atoms with van der Waals surface area (Å²) in [5.74, 6) is -1.77. The summed E-state index contributed by atoms with van der Waals surface area (Å²) < 4.78 is 44.2. The zero-order valence-corrected chi connectivity index (χ0v) is 15.7. The van der Waals surface area contributed by atoms with Gasteiger partial charge >= 0.3 is 12.1 Å². The van der Waals surface area contributed by atoms with Crippen molar-refractivity contribution in [2.45, 2.75) is 44.3 Å². The van der Waals surface area contributed by atoms with Crippen LogP contribution in [0.2, 0.25) is 0 Å². The van der Waals surface area contributed by atoms with Crippen LogP contribution in [0, 0.1) is 0 Å². The summed E-state index contributed by atoms with van der Waals surface area (Å²) in [4.78, 5) is 37.2. The van der Waals surface area contributed by atoms with Gasteiger partial charge in [-0.25, -0.2) is 4.79 Å². The van der Waals surface area contributed by atoms with Crippen LogP contribution < -0.4 is 15.5 Å². The van der Waals surface area contributed by atoms with Gasteiger partial charge in [-0.15, -0.1) is 0 Å². The van der Waals surface area contributed by atoms with Crippen LogP contribution in [0.5, 0.6) is 0 Å².